The van der Waals surface area contributed by atoms with E-state index >= 15 is 0 Å². The highest BCUT2D eigenvalue weighted by atomic mass is 32.1. The number of aromatic nitrogens is 2. The van der Waals surface area contributed by atoms with Crippen molar-refractivity contribution >= 4 is 33.3 Å². The molecule has 2 atom stereocenters. The lowest BCUT2D eigenvalue weighted by Gasteiger charge is -2.05. The van der Waals surface area contributed by atoms with Gasteiger partial charge in [0.1, 0.15) is 4.88 Å². The zero-order valence-electron chi connectivity index (χ0n) is 12.5. The molecule has 1 aliphatic rings. The van der Waals surface area contributed by atoms with Crippen molar-refractivity contribution in [3.63, 3.8) is 0 Å². The van der Waals surface area contributed by atoms with Crippen molar-refractivity contribution < 1.29 is 14.7 Å². The Labute approximate surface area is 141 Å². The van der Waals surface area contributed by atoms with Crippen LogP contribution in [0.5, 0.6) is 0 Å². The fourth-order valence-corrected chi connectivity index (χ4v) is 4.00. The number of hydrogen-bond acceptors (Lipinski definition) is 5. The molecule has 1 saturated carbocycles. The van der Waals surface area contributed by atoms with Gasteiger partial charge < -0.3 is 10.8 Å². The number of carbonyl (C=O) groups excluding carboxylic acids is 1. The lowest BCUT2D eigenvalue weighted by molar-refractivity contribution is -0.138. The van der Waals surface area contributed by atoms with Crippen molar-refractivity contribution in [1.82, 2.24) is 9.97 Å². The van der Waals surface area contributed by atoms with E-state index in [4.69, 9.17) is 10.8 Å². The minimum Gasteiger partial charge on any atom is -0.481 e. The number of primary amides is 1. The summed E-state index contributed by atoms with van der Waals surface area (Å²) in [5.41, 5.74) is 7.60. The second kappa shape index (κ2) is 5.38. The van der Waals surface area contributed by atoms with Gasteiger partial charge >= 0.3 is 5.97 Å². The highest BCUT2D eigenvalue weighted by Crippen LogP contribution is 2.47. The van der Waals surface area contributed by atoms with Crippen molar-refractivity contribution in [3.05, 3.63) is 47.2 Å². The molecule has 24 heavy (non-hydrogen) atoms. The van der Waals surface area contributed by atoms with E-state index in [2.05, 4.69) is 9.97 Å². The van der Waals surface area contributed by atoms with Gasteiger partial charge in [-0.1, -0.05) is 6.07 Å². The molecule has 3 aromatic rings. The average Bonchev–Trinajstić information content (AvgIpc) is 3.28. The molecule has 6 nitrogen and oxygen atoms in total. The van der Waals surface area contributed by atoms with Crippen LogP contribution >= 0.6 is 11.3 Å². The molecule has 120 valence electrons. The first-order valence-electron chi connectivity index (χ1n) is 7.42. The van der Waals surface area contributed by atoms with Gasteiger partial charge in [0.05, 0.1) is 16.3 Å². The van der Waals surface area contributed by atoms with Crippen LogP contribution < -0.4 is 5.73 Å². The summed E-state index contributed by atoms with van der Waals surface area (Å²) in [5, 5.41) is 9.98. The molecule has 3 heterocycles. The molecule has 0 aromatic carbocycles. The number of amides is 1. The summed E-state index contributed by atoms with van der Waals surface area (Å²) in [6.45, 7) is 0. The van der Waals surface area contributed by atoms with Gasteiger partial charge in [0.25, 0.3) is 5.91 Å². The standard InChI is InChI=1S/C17H13N3O3S/c18-16(21)15-14(8-4-5-19-7-13(8)24-15)12-3-1-2-11(20-12)9-6-10(9)17(22)23/h1-5,7,9-10H,6H2,(H2,18,21)(H,22,23). The predicted molar refractivity (Wildman–Crippen MR) is 89.9 cm³/mol. The van der Waals surface area contributed by atoms with Crippen LogP contribution in [0, 0.1) is 5.92 Å². The first-order valence-corrected chi connectivity index (χ1v) is 8.24. The number of hydrogen-bond donors (Lipinski definition) is 2. The quantitative estimate of drug-likeness (QED) is 0.760. The topological polar surface area (TPSA) is 106 Å². The van der Waals surface area contributed by atoms with Crippen molar-refractivity contribution in [2.75, 3.05) is 0 Å². The van der Waals surface area contributed by atoms with Crippen molar-refractivity contribution in [2.45, 2.75) is 12.3 Å². The molecule has 3 N–H and O–H groups in total. The Bertz CT molecular complexity index is 982. The van der Waals surface area contributed by atoms with E-state index in [1.165, 1.54) is 11.3 Å². The summed E-state index contributed by atoms with van der Waals surface area (Å²) < 4.78 is 0.864. The van der Waals surface area contributed by atoms with Gasteiger partial charge in [-0.15, -0.1) is 11.3 Å². The van der Waals surface area contributed by atoms with Crippen LogP contribution in [0.25, 0.3) is 21.3 Å². The van der Waals surface area contributed by atoms with Gasteiger partial charge in [0, 0.05) is 35.0 Å². The summed E-state index contributed by atoms with van der Waals surface area (Å²) in [7, 11) is 0. The molecule has 4 rings (SSSR count). The van der Waals surface area contributed by atoms with E-state index in [-0.39, 0.29) is 11.8 Å². The highest BCUT2D eigenvalue weighted by molar-refractivity contribution is 7.21. The second-order valence-corrected chi connectivity index (χ2v) is 6.83. The number of fused-ring (bicyclic) bond motifs is 1. The Morgan fingerprint density at radius 3 is 2.83 bits per heavy atom. The van der Waals surface area contributed by atoms with E-state index in [0.717, 1.165) is 15.8 Å². The van der Waals surface area contributed by atoms with E-state index in [1.54, 1.807) is 12.4 Å². The fourth-order valence-electron chi connectivity index (χ4n) is 2.97. The maximum Gasteiger partial charge on any atom is 0.307 e. The van der Waals surface area contributed by atoms with Crippen LogP contribution in [0.2, 0.25) is 0 Å². The number of thiophene rings is 1. The van der Waals surface area contributed by atoms with Gasteiger partial charge in [-0.3, -0.25) is 19.6 Å². The lowest BCUT2D eigenvalue weighted by atomic mass is 10.1. The Hall–Kier alpha value is -2.80. The molecular weight excluding hydrogens is 326 g/mol. The molecule has 7 heteroatoms. The van der Waals surface area contributed by atoms with E-state index in [9.17, 15) is 9.59 Å². The van der Waals surface area contributed by atoms with Crippen molar-refractivity contribution in [3.8, 4) is 11.3 Å². The fraction of sp³-hybridized carbons (Fsp3) is 0.176. The number of nitrogens with two attached hydrogens (primary N) is 1. The summed E-state index contributed by atoms with van der Waals surface area (Å²) in [6.07, 6.45) is 3.96. The summed E-state index contributed by atoms with van der Waals surface area (Å²) in [4.78, 5) is 32.1. The maximum absolute atomic E-state index is 11.8. The van der Waals surface area contributed by atoms with E-state index in [1.807, 2.05) is 24.3 Å². The molecule has 0 saturated heterocycles. The lowest BCUT2D eigenvalue weighted by Crippen LogP contribution is -2.10. The van der Waals surface area contributed by atoms with Crippen LogP contribution in [0.3, 0.4) is 0 Å². The van der Waals surface area contributed by atoms with Gasteiger partial charge in [-0.05, 0) is 24.6 Å². The van der Waals surface area contributed by atoms with Crippen molar-refractivity contribution in [2.24, 2.45) is 11.7 Å². The van der Waals surface area contributed by atoms with Crippen LogP contribution in [0.4, 0.5) is 0 Å². The SMILES string of the molecule is NC(=O)c1sc2cnccc2c1-c1cccc(C2CC2C(=O)O)n1. The summed E-state index contributed by atoms with van der Waals surface area (Å²) in [6, 6.07) is 7.32. The normalized spacial score (nSPS) is 19.3. The molecule has 0 spiro atoms. The third kappa shape index (κ3) is 2.33. The number of pyridine rings is 2. The number of carboxylic acid groups (broad SMARTS) is 1. The molecule has 0 radical (unpaired) electrons. The van der Waals surface area contributed by atoms with Crippen LogP contribution in [0.15, 0.2) is 36.7 Å². The minimum absolute atomic E-state index is 0.0638. The smallest absolute Gasteiger partial charge is 0.307 e. The number of rotatable bonds is 4. The Kier molecular flexibility index (Phi) is 3.31. The molecule has 0 bridgehead atoms. The molecular formula is C17H13N3O3S. The molecule has 2 unspecified atom stereocenters. The van der Waals surface area contributed by atoms with E-state index in [0.29, 0.717) is 22.6 Å². The molecule has 1 amide bonds. The van der Waals surface area contributed by atoms with Crippen LogP contribution in [0.1, 0.15) is 27.7 Å². The predicted octanol–water partition coefficient (Wildman–Crippen LogP) is 2.65. The van der Waals surface area contributed by atoms with E-state index < -0.39 is 11.9 Å². The third-order valence-corrected chi connectivity index (χ3v) is 5.39. The summed E-state index contributed by atoms with van der Waals surface area (Å²) >= 11 is 1.29. The highest BCUT2D eigenvalue weighted by Gasteiger charge is 2.45. The first-order chi connectivity index (χ1) is 11.6. The zero-order chi connectivity index (χ0) is 16.8. The molecule has 3 aromatic heterocycles. The van der Waals surface area contributed by atoms with Crippen molar-refractivity contribution in [1.29, 1.82) is 0 Å². The maximum atomic E-state index is 11.8. The largest absolute Gasteiger partial charge is 0.481 e. The Morgan fingerprint density at radius 1 is 1.29 bits per heavy atom. The van der Waals surface area contributed by atoms with Gasteiger partial charge in [-0.25, -0.2) is 0 Å². The van der Waals surface area contributed by atoms with Gasteiger partial charge in [0.2, 0.25) is 0 Å². The number of carboxylic acids is 1. The number of aliphatic carboxylic acids is 1. The second-order valence-electron chi connectivity index (χ2n) is 5.78. The van der Waals surface area contributed by atoms with Gasteiger partial charge in [-0.2, -0.15) is 0 Å². The summed E-state index contributed by atoms with van der Waals surface area (Å²) in [5.74, 6) is -1.73. The molecule has 0 aliphatic heterocycles. The minimum atomic E-state index is -0.794. The van der Waals surface area contributed by atoms with Gasteiger partial charge in [0.15, 0.2) is 0 Å². The third-order valence-electron chi connectivity index (χ3n) is 4.23. The molecule has 1 fully saturated rings. The first kappa shape index (κ1) is 14.8. The Balaban J connectivity index is 1.85. The molecule has 1 aliphatic carbocycles. The van der Waals surface area contributed by atoms with Crippen LogP contribution in [-0.4, -0.2) is 27.0 Å². The Morgan fingerprint density at radius 2 is 2.12 bits per heavy atom. The van der Waals surface area contributed by atoms with Crippen LogP contribution in [-0.2, 0) is 4.79 Å². The zero-order valence-corrected chi connectivity index (χ0v) is 13.3. The average molecular weight is 339 g/mol. The number of carbonyl (C=O) groups is 2. The monoisotopic (exact) mass is 339 g/mol. The number of nitrogens with zero attached hydrogens (tertiary/aromatic N) is 2.